The Hall–Kier alpha value is -1.52. The highest BCUT2D eigenvalue weighted by Crippen LogP contribution is 2.33. The van der Waals surface area contributed by atoms with Crippen molar-refractivity contribution in [1.29, 1.82) is 0 Å². The van der Waals surface area contributed by atoms with Crippen molar-refractivity contribution < 1.29 is 4.79 Å². The Balaban J connectivity index is 1.93. The van der Waals surface area contributed by atoms with Crippen molar-refractivity contribution in [2.24, 2.45) is 5.41 Å². The summed E-state index contributed by atoms with van der Waals surface area (Å²) in [7, 11) is 0. The van der Waals surface area contributed by atoms with Crippen LogP contribution in [-0.4, -0.2) is 30.4 Å². The molecule has 1 saturated heterocycles. The summed E-state index contributed by atoms with van der Waals surface area (Å²) in [6.07, 6.45) is 0. The van der Waals surface area contributed by atoms with E-state index in [0.29, 0.717) is 6.54 Å². The molecule has 0 aliphatic carbocycles. The molecule has 5 heteroatoms. The number of amides is 1. The summed E-state index contributed by atoms with van der Waals surface area (Å²) >= 11 is 9.57. The van der Waals surface area contributed by atoms with E-state index in [9.17, 15) is 4.79 Å². The molecule has 0 N–H and O–H groups in total. The molecule has 1 aliphatic rings. The van der Waals surface area contributed by atoms with E-state index in [0.717, 1.165) is 28.3 Å². The fourth-order valence-electron chi connectivity index (χ4n) is 3.35. The summed E-state index contributed by atoms with van der Waals surface area (Å²) in [4.78, 5) is 17.2. The first-order chi connectivity index (χ1) is 12.3. The maximum absolute atomic E-state index is 12.8. The van der Waals surface area contributed by atoms with Crippen LogP contribution in [0.25, 0.3) is 0 Å². The zero-order chi connectivity index (χ0) is 18.9. The van der Waals surface area contributed by atoms with Crippen molar-refractivity contribution in [3.05, 3.63) is 63.6 Å². The number of nitrogens with zero attached hydrogens (tertiary/aromatic N) is 2. The van der Waals surface area contributed by atoms with E-state index in [1.165, 1.54) is 5.56 Å². The van der Waals surface area contributed by atoms with Crippen LogP contribution in [0, 0.1) is 5.41 Å². The first-order valence-corrected chi connectivity index (χ1v) is 10.00. The highest BCUT2D eigenvalue weighted by Gasteiger charge is 2.35. The van der Waals surface area contributed by atoms with E-state index < -0.39 is 0 Å². The van der Waals surface area contributed by atoms with Crippen LogP contribution in [0.1, 0.15) is 32.4 Å². The van der Waals surface area contributed by atoms with Crippen LogP contribution in [-0.2, 0) is 4.79 Å². The Morgan fingerprint density at radius 1 is 1.04 bits per heavy atom. The van der Waals surface area contributed by atoms with Crippen molar-refractivity contribution in [2.45, 2.75) is 26.8 Å². The molecule has 1 fully saturated rings. The Kier molecular flexibility index (Phi) is 5.64. The molecule has 0 spiro atoms. The first-order valence-electron chi connectivity index (χ1n) is 8.83. The van der Waals surface area contributed by atoms with Gasteiger partial charge >= 0.3 is 0 Å². The third-order valence-electron chi connectivity index (χ3n) is 4.72. The zero-order valence-corrected chi connectivity index (χ0v) is 17.7. The van der Waals surface area contributed by atoms with Crippen LogP contribution < -0.4 is 4.90 Å². The highest BCUT2D eigenvalue weighted by molar-refractivity contribution is 9.10. The number of anilines is 1. The lowest BCUT2D eigenvalue weighted by molar-refractivity contribution is -0.140. The normalized spacial score (nSPS) is 18.1. The predicted molar refractivity (Wildman–Crippen MR) is 112 cm³/mol. The van der Waals surface area contributed by atoms with Crippen LogP contribution in [0.5, 0.6) is 0 Å². The predicted octanol–water partition coefficient (Wildman–Crippen LogP) is 5.54. The summed E-state index contributed by atoms with van der Waals surface area (Å²) in [6, 6.07) is 16.4. The molecule has 0 aromatic heterocycles. The Bertz CT molecular complexity index is 768. The van der Waals surface area contributed by atoms with Crippen LogP contribution in [0.2, 0.25) is 5.02 Å². The van der Waals surface area contributed by atoms with E-state index in [2.05, 4.69) is 57.2 Å². The second-order valence-electron chi connectivity index (χ2n) is 7.74. The fourth-order valence-corrected chi connectivity index (χ4v) is 3.74. The number of rotatable bonds is 2. The minimum atomic E-state index is -0.368. The summed E-state index contributed by atoms with van der Waals surface area (Å²) in [5, 5.41) is 0.732. The number of benzene rings is 2. The van der Waals surface area contributed by atoms with Gasteiger partial charge in [0.15, 0.2) is 0 Å². The summed E-state index contributed by atoms with van der Waals surface area (Å²) in [5.74, 6) is 0.204. The molecule has 2 aromatic carbocycles. The number of hydrogen-bond acceptors (Lipinski definition) is 2. The fraction of sp³-hybridized carbons (Fsp3) is 0.381. The van der Waals surface area contributed by atoms with Crippen LogP contribution in [0.15, 0.2) is 53.0 Å². The lowest BCUT2D eigenvalue weighted by Gasteiger charge is -2.44. The van der Waals surface area contributed by atoms with Gasteiger partial charge in [-0.25, -0.2) is 0 Å². The molecule has 0 saturated carbocycles. The molecule has 0 unspecified atom stereocenters. The molecule has 1 aliphatic heterocycles. The Morgan fingerprint density at radius 2 is 1.65 bits per heavy atom. The average Bonchev–Trinajstić information content (AvgIpc) is 2.61. The molecule has 1 atom stereocenters. The van der Waals surface area contributed by atoms with Gasteiger partial charge in [0.05, 0.1) is 6.04 Å². The van der Waals surface area contributed by atoms with Gasteiger partial charge in [-0.1, -0.05) is 60.4 Å². The largest absolute Gasteiger partial charge is 0.361 e. The second kappa shape index (κ2) is 7.61. The monoisotopic (exact) mass is 434 g/mol. The van der Waals surface area contributed by atoms with Gasteiger partial charge in [-0.2, -0.15) is 0 Å². The van der Waals surface area contributed by atoms with E-state index in [-0.39, 0.29) is 17.4 Å². The lowest BCUT2D eigenvalue weighted by atomic mass is 9.93. The standard InChI is InChI=1S/C21H24BrClN2O/c1-21(2,3)20(26)24-12-13-25(18-10-8-17(23)9-11-18)19(14-24)15-4-6-16(22)7-5-15/h4-11,19H,12-14H2,1-3H3/t19-/m0/s1. The van der Waals surface area contributed by atoms with Crippen molar-refractivity contribution in [3.8, 4) is 0 Å². The van der Waals surface area contributed by atoms with Crippen LogP contribution in [0.3, 0.4) is 0 Å². The number of carbonyl (C=O) groups is 1. The first kappa shape index (κ1) is 19.2. The van der Waals surface area contributed by atoms with E-state index in [1.54, 1.807) is 0 Å². The van der Waals surface area contributed by atoms with Gasteiger partial charge < -0.3 is 9.80 Å². The summed E-state index contributed by atoms with van der Waals surface area (Å²) in [6.45, 7) is 8.15. The number of halogens is 2. The van der Waals surface area contributed by atoms with Crippen molar-refractivity contribution in [3.63, 3.8) is 0 Å². The van der Waals surface area contributed by atoms with Crippen LogP contribution in [0.4, 0.5) is 5.69 Å². The molecule has 2 aromatic rings. The van der Waals surface area contributed by atoms with Gasteiger partial charge in [-0.3, -0.25) is 4.79 Å². The molecule has 138 valence electrons. The molecule has 1 heterocycles. The third kappa shape index (κ3) is 4.24. The smallest absolute Gasteiger partial charge is 0.228 e. The quantitative estimate of drug-likeness (QED) is 0.618. The lowest BCUT2D eigenvalue weighted by Crippen LogP contribution is -2.53. The van der Waals surface area contributed by atoms with Gasteiger partial charge in [-0.15, -0.1) is 0 Å². The van der Waals surface area contributed by atoms with Gasteiger partial charge in [0.2, 0.25) is 5.91 Å². The molecular weight excluding hydrogens is 412 g/mol. The maximum Gasteiger partial charge on any atom is 0.228 e. The molecule has 26 heavy (non-hydrogen) atoms. The minimum absolute atomic E-state index is 0.115. The SMILES string of the molecule is CC(C)(C)C(=O)N1CCN(c2ccc(Cl)cc2)[C@H](c2ccc(Br)cc2)C1. The van der Waals surface area contributed by atoms with Crippen molar-refractivity contribution in [2.75, 3.05) is 24.5 Å². The molecular formula is C21H24BrClN2O. The second-order valence-corrected chi connectivity index (χ2v) is 9.09. The average molecular weight is 436 g/mol. The summed E-state index contributed by atoms with van der Waals surface area (Å²) in [5.41, 5.74) is 1.96. The highest BCUT2D eigenvalue weighted by atomic mass is 79.9. The molecule has 3 nitrogen and oxygen atoms in total. The van der Waals surface area contributed by atoms with E-state index >= 15 is 0 Å². The Labute approximate surface area is 169 Å². The van der Waals surface area contributed by atoms with Crippen LogP contribution >= 0.6 is 27.5 Å². The van der Waals surface area contributed by atoms with E-state index in [4.69, 9.17) is 11.6 Å². The number of piperazine rings is 1. The zero-order valence-electron chi connectivity index (χ0n) is 15.4. The minimum Gasteiger partial charge on any atom is -0.361 e. The van der Waals surface area contributed by atoms with Gasteiger partial charge in [-0.05, 0) is 42.0 Å². The Morgan fingerprint density at radius 3 is 2.23 bits per heavy atom. The summed E-state index contributed by atoms with van der Waals surface area (Å²) < 4.78 is 1.05. The maximum atomic E-state index is 12.8. The van der Waals surface area contributed by atoms with Crippen molar-refractivity contribution in [1.82, 2.24) is 4.90 Å². The molecule has 1 amide bonds. The molecule has 0 radical (unpaired) electrons. The third-order valence-corrected chi connectivity index (χ3v) is 5.50. The number of carbonyl (C=O) groups excluding carboxylic acids is 1. The van der Waals surface area contributed by atoms with Gasteiger partial charge in [0.25, 0.3) is 0 Å². The topological polar surface area (TPSA) is 23.6 Å². The van der Waals surface area contributed by atoms with Crippen molar-refractivity contribution >= 4 is 39.1 Å². The van der Waals surface area contributed by atoms with Gasteiger partial charge in [0.1, 0.15) is 0 Å². The van der Waals surface area contributed by atoms with E-state index in [1.807, 2.05) is 37.8 Å². The number of hydrogen-bond donors (Lipinski definition) is 0. The molecule has 3 rings (SSSR count). The molecule has 0 bridgehead atoms. The van der Waals surface area contributed by atoms with Gasteiger partial charge in [0, 0.05) is 40.2 Å².